The average molecular weight is 364 g/mol. The van der Waals surface area contributed by atoms with Gasteiger partial charge in [-0.2, -0.15) is 5.10 Å². The molecule has 138 valence electrons. The minimum absolute atomic E-state index is 0.0345. The van der Waals surface area contributed by atoms with Crippen molar-refractivity contribution >= 4 is 16.7 Å². The fraction of sp³-hybridized carbons (Fsp3) is 0.300. The molecule has 1 aliphatic rings. The zero-order valence-corrected chi connectivity index (χ0v) is 15.0. The fourth-order valence-corrected chi connectivity index (χ4v) is 3.35. The highest BCUT2D eigenvalue weighted by atomic mass is 16.5. The summed E-state index contributed by atoms with van der Waals surface area (Å²) in [4.78, 5) is 26.5. The molecule has 0 spiro atoms. The molecule has 1 fully saturated rings. The summed E-state index contributed by atoms with van der Waals surface area (Å²) in [6.07, 6.45) is 4.69. The molecule has 3 heterocycles. The SMILES string of the molecule is Cn1cccc(C(=O)N2CCC(Oc3nncc4ccccc34)CC2)c1=O. The zero-order valence-electron chi connectivity index (χ0n) is 15.0. The number of benzene rings is 1. The highest BCUT2D eigenvalue weighted by Gasteiger charge is 2.26. The number of nitrogens with zero attached hydrogens (tertiary/aromatic N) is 4. The molecule has 4 rings (SSSR count). The standard InChI is InChI=1S/C20H20N4O3/c1-23-10-4-7-17(19(23)25)20(26)24-11-8-15(9-12-24)27-18-16-6-3-2-5-14(16)13-21-22-18/h2-7,10,13,15H,8-9,11-12H2,1H3. The molecule has 0 radical (unpaired) electrons. The van der Waals surface area contributed by atoms with Gasteiger partial charge in [0, 0.05) is 49.9 Å². The summed E-state index contributed by atoms with van der Waals surface area (Å²) in [5.74, 6) is 0.300. The summed E-state index contributed by atoms with van der Waals surface area (Å²) in [6, 6.07) is 11.1. The van der Waals surface area contributed by atoms with Gasteiger partial charge in [-0.1, -0.05) is 18.2 Å². The van der Waals surface area contributed by atoms with Gasteiger partial charge in [-0.3, -0.25) is 9.59 Å². The van der Waals surface area contributed by atoms with E-state index in [9.17, 15) is 9.59 Å². The summed E-state index contributed by atoms with van der Waals surface area (Å²) >= 11 is 0. The third kappa shape index (κ3) is 3.40. The Hall–Kier alpha value is -3.22. The van der Waals surface area contributed by atoms with Crippen LogP contribution in [0.4, 0.5) is 0 Å². The summed E-state index contributed by atoms with van der Waals surface area (Å²) in [7, 11) is 1.64. The van der Waals surface area contributed by atoms with E-state index in [-0.39, 0.29) is 23.1 Å². The summed E-state index contributed by atoms with van der Waals surface area (Å²) < 4.78 is 7.49. The van der Waals surface area contributed by atoms with Gasteiger partial charge in [0.25, 0.3) is 11.5 Å². The van der Waals surface area contributed by atoms with E-state index in [1.54, 1.807) is 36.5 Å². The molecule has 0 N–H and O–H groups in total. The highest BCUT2D eigenvalue weighted by Crippen LogP contribution is 2.25. The molecular formula is C20H20N4O3. The van der Waals surface area contributed by atoms with E-state index < -0.39 is 0 Å². The van der Waals surface area contributed by atoms with Crippen LogP contribution in [0.2, 0.25) is 0 Å². The molecule has 7 heteroatoms. The smallest absolute Gasteiger partial charge is 0.263 e. The number of fused-ring (bicyclic) bond motifs is 1. The van der Waals surface area contributed by atoms with Crippen LogP contribution in [0.25, 0.3) is 10.8 Å². The molecule has 1 amide bonds. The Morgan fingerprint density at radius 1 is 1.15 bits per heavy atom. The number of carbonyl (C=O) groups is 1. The molecule has 3 aromatic rings. The monoisotopic (exact) mass is 364 g/mol. The first kappa shape index (κ1) is 17.2. The quantitative estimate of drug-likeness (QED) is 0.710. The summed E-state index contributed by atoms with van der Waals surface area (Å²) in [5, 5.41) is 10.0. The van der Waals surface area contributed by atoms with Crippen molar-refractivity contribution in [1.29, 1.82) is 0 Å². The van der Waals surface area contributed by atoms with Crippen molar-refractivity contribution in [1.82, 2.24) is 19.7 Å². The van der Waals surface area contributed by atoms with Crippen LogP contribution >= 0.6 is 0 Å². The van der Waals surface area contributed by atoms with Crippen molar-refractivity contribution < 1.29 is 9.53 Å². The molecule has 0 unspecified atom stereocenters. The molecule has 7 nitrogen and oxygen atoms in total. The Kier molecular flexibility index (Phi) is 4.58. The van der Waals surface area contributed by atoms with Gasteiger partial charge in [-0.05, 0) is 18.2 Å². The second kappa shape index (κ2) is 7.19. The number of rotatable bonds is 3. The molecule has 1 aliphatic heterocycles. The van der Waals surface area contributed by atoms with E-state index in [2.05, 4.69) is 10.2 Å². The van der Waals surface area contributed by atoms with Gasteiger partial charge in [-0.15, -0.1) is 5.10 Å². The van der Waals surface area contributed by atoms with Crippen LogP contribution in [0.15, 0.2) is 53.6 Å². The number of pyridine rings is 1. The summed E-state index contributed by atoms with van der Waals surface area (Å²) in [5.41, 5.74) is -0.0637. The lowest BCUT2D eigenvalue weighted by atomic mass is 10.1. The van der Waals surface area contributed by atoms with Crippen LogP contribution in [0.3, 0.4) is 0 Å². The van der Waals surface area contributed by atoms with Gasteiger partial charge in [0.05, 0.1) is 6.20 Å². The second-order valence-corrected chi connectivity index (χ2v) is 6.68. The minimum atomic E-state index is -0.271. The van der Waals surface area contributed by atoms with Gasteiger partial charge in [0.2, 0.25) is 5.88 Å². The molecule has 0 saturated carbocycles. The van der Waals surface area contributed by atoms with Crippen molar-refractivity contribution in [3.63, 3.8) is 0 Å². The number of hydrogen-bond acceptors (Lipinski definition) is 5. The van der Waals surface area contributed by atoms with Gasteiger partial charge >= 0.3 is 0 Å². The van der Waals surface area contributed by atoms with Crippen molar-refractivity contribution in [3.8, 4) is 5.88 Å². The van der Waals surface area contributed by atoms with E-state index in [1.165, 1.54) is 4.57 Å². The number of aromatic nitrogens is 3. The van der Waals surface area contributed by atoms with Crippen LogP contribution in [0.1, 0.15) is 23.2 Å². The van der Waals surface area contributed by atoms with E-state index in [4.69, 9.17) is 4.74 Å². The first-order chi connectivity index (χ1) is 13.1. The van der Waals surface area contributed by atoms with Crippen LogP contribution in [0.5, 0.6) is 5.88 Å². The van der Waals surface area contributed by atoms with Crippen molar-refractivity contribution in [2.45, 2.75) is 18.9 Å². The van der Waals surface area contributed by atoms with Crippen LogP contribution in [-0.2, 0) is 7.05 Å². The number of piperidine rings is 1. The first-order valence-corrected chi connectivity index (χ1v) is 8.95. The number of aryl methyl sites for hydroxylation is 1. The maximum absolute atomic E-state index is 12.7. The molecule has 1 aromatic carbocycles. The van der Waals surface area contributed by atoms with Gasteiger partial charge < -0.3 is 14.2 Å². The topological polar surface area (TPSA) is 77.3 Å². The van der Waals surface area contributed by atoms with Gasteiger partial charge in [0.1, 0.15) is 11.7 Å². The Labute approximate surface area is 156 Å². The molecule has 2 aromatic heterocycles. The molecule has 27 heavy (non-hydrogen) atoms. The van der Waals surface area contributed by atoms with Crippen LogP contribution in [-0.4, -0.2) is 44.8 Å². The predicted octanol–water partition coefficient (Wildman–Crippen LogP) is 2.01. The molecule has 0 aliphatic carbocycles. The van der Waals surface area contributed by atoms with Crippen molar-refractivity contribution in [3.05, 3.63) is 64.7 Å². The average Bonchev–Trinajstić information content (AvgIpc) is 2.70. The fourth-order valence-electron chi connectivity index (χ4n) is 3.35. The van der Waals surface area contributed by atoms with Gasteiger partial charge in [-0.25, -0.2) is 0 Å². The lowest BCUT2D eigenvalue weighted by Crippen LogP contribution is -2.43. The normalized spacial score (nSPS) is 15.1. The largest absolute Gasteiger partial charge is 0.473 e. The zero-order chi connectivity index (χ0) is 18.8. The van der Waals surface area contributed by atoms with Gasteiger partial charge in [0.15, 0.2) is 0 Å². The Morgan fingerprint density at radius 2 is 1.93 bits per heavy atom. The number of amides is 1. The third-order valence-electron chi connectivity index (χ3n) is 4.90. The van der Waals surface area contributed by atoms with Crippen molar-refractivity contribution in [2.24, 2.45) is 7.05 Å². The number of ether oxygens (including phenoxy) is 1. The number of carbonyl (C=O) groups excluding carboxylic acids is 1. The molecular weight excluding hydrogens is 344 g/mol. The first-order valence-electron chi connectivity index (χ1n) is 8.95. The number of likely N-dealkylation sites (tertiary alicyclic amines) is 1. The van der Waals surface area contributed by atoms with E-state index >= 15 is 0 Å². The van der Waals surface area contributed by atoms with Crippen LogP contribution < -0.4 is 10.3 Å². The number of hydrogen-bond donors (Lipinski definition) is 0. The lowest BCUT2D eigenvalue weighted by Gasteiger charge is -2.32. The summed E-state index contributed by atoms with van der Waals surface area (Å²) in [6.45, 7) is 1.08. The minimum Gasteiger partial charge on any atom is -0.473 e. The van der Waals surface area contributed by atoms with Crippen molar-refractivity contribution in [2.75, 3.05) is 13.1 Å². The second-order valence-electron chi connectivity index (χ2n) is 6.68. The van der Waals surface area contributed by atoms with E-state index in [0.29, 0.717) is 31.8 Å². The van der Waals surface area contributed by atoms with Crippen LogP contribution in [0, 0.1) is 0 Å². The maximum atomic E-state index is 12.7. The lowest BCUT2D eigenvalue weighted by molar-refractivity contribution is 0.0587. The molecule has 0 atom stereocenters. The maximum Gasteiger partial charge on any atom is 0.263 e. The Bertz CT molecular complexity index is 1030. The Balaban J connectivity index is 1.44. The highest BCUT2D eigenvalue weighted by molar-refractivity contribution is 5.93. The van der Waals surface area contributed by atoms with E-state index in [0.717, 1.165) is 10.8 Å². The predicted molar refractivity (Wildman–Crippen MR) is 101 cm³/mol. The molecule has 1 saturated heterocycles. The van der Waals surface area contributed by atoms with E-state index in [1.807, 2.05) is 24.3 Å². The third-order valence-corrected chi connectivity index (χ3v) is 4.90. The molecule has 0 bridgehead atoms. The Morgan fingerprint density at radius 3 is 2.74 bits per heavy atom.